The number of rotatable bonds is 3. The molecule has 5 nitrogen and oxygen atoms in total. The van der Waals surface area contributed by atoms with Gasteiger partial charge in [-0.25, -0.2) is 18.6 Å². The molecule has 1 aromatic heterocycles. The number of nitrogens with zero attached hydrogens (tertiary/aromatic N) is 3. The van der Waals surface area contributed by atoms with Gasteiger partial charge in [0.25, 0.3) is 0 Å². The SMILES string of the molecule is O=S(O)Cc1cc2c(cc1F)N(c1cc(Cl)ncn1)CC2. The number of aromatic nitrogens is 2. The molecule has 2 heterocycles. The number of hydrogen-bond acceptors (Lipinski definition) is 4. The summed E-state index contributed by atoms with van der Waals surface area (Å²) in [6.45, 7) is 0.647. The molecule has 1 unspecified atom stereocenters. The van der Waals surface area contributed by atoms with E-state index in [1.165, 1.54) is 12.4 Å². The zero-order chi connectivity index (χ0) is 15.0. The molecule has 0 spiro atoms. The molecule has 1 aliphatic rings. The second-order valence-electron chi connectivity index (χ2n) is 4.64. The summed E-state index contributed by atoms with van der Waals surface area (Å²) in [5.74, 6) is -0.104. The molecule has 0 aliphatic carbocycles. The van der Waals surface area contributed by atoms with Gasteiger partial charge in [-0.15, -0.1) is 0 Å². The first-order valence-corrected chi connectivity index (χ1v) is 7.84. The number of hydrogen-bond donors (Lipinski definition) is 1. The van der Waals surface area contributed by atoms with Gasteiger partial charge in [0, 0.05) is 23.9 Å². The summed E-state index contributed by atoms with van der Waals surface area (Å²) in [6.07, 6.45) is 2.07. The van der Waals surface area contributed by atoms with E-state index in [1.807, 2.05) is 4.90 Å². The summed E-state index contributed by atoms with van der Waals surface area (Å²) < 4.78 is 33.8. The van der Waals surface area contributed by atoms with Gasteiger partial charge in [-0.1, -0.05) is 11.6 Å². The zero-order valence-corrected chi connectivity index (χ0v) is 12.4. The van der Waals surface area contributed by atoms with E-state index in [2.05, 4.69) is 9.97 Å². The first-order valence-electron chi connectivity index (χ1n) is 6.18. The number of fused-ring (bicyclic) bond motifs is 1. The van der Waals surface area contributed by atoms with Gasteiger partial charge >= 0.3 is 0 Å². The Hall–Kier alpha value is -1.57. The minimum Gasteiger partial charge on any atom is -0.326 e. The Labute approximate surface area is 128 Å². The van der Waals surface area contributed by atoms with Crippen LogP contribution in [0.25, 0.3) is 0 Å². The fourth-order valence-corrected chi connectivity index (χ4v) is 3.04. The average Bonchev–Trinajstić information content (AvgIpc) is 2.81. The van der Waals surface area contributed by atoms with Crippen molar-refractivity contribution in [3.05, 3.63) is 46.6 Å². The van der Waals surface area contributed by atoms with Crippen molar-refractivity contribution in [1.29, 1.82) is 0 Å². The molecule has 8 heteroatoms. The van der Waals surface area contributed by atoms with Crippen LogP contribution in [0.1, 0.15) is 11.1 Å². The van der Waals surface area contributed by atoms with Crippen LogP contribution in [0, 0.1) is 5.82 Å². The van der Waals surface area contributed by atoms with Crippen LogP contribution in [-0.2, 0) is 23.3 Å². The molecule has 0 saturated heterocycles. The third-order valence-electron chi connectivity index (χ3n) is 3.32. The fourth-order valence-electron chi connectivity index (χ4n) is 2.42. The summed E-state index contributed by atoms with van der Waals surface area (Å²) in [5, 5.41) is 0.321. The molecule has 1 atom stereocenters. The van der Waals surface area contributed by atoms with E-state index < -0.39 is 16.9 Å². The highest BCUT2D eigenvalue weighted by molar-refractivity contribution is 7.78. The molecule has 1 aliphatic heterocycles. The largest absolute Gasteiger partial charge is 0.326 e. The lowest BCUT2D eigenvalue weighted by atomic mass is 10.1. The van der Waals surface area contributed by atoms with Crippen molar-refractivity contribution in [1.82, 2.24) is 9.97 Å². The maximum Gasteiger partial charge on any atom is 0.157 e. The third-order valence-corrected chi connectivity index (χ3v) is 4.08. The first kappa shape index (κ1) is 14.4. The molecule has 0 bridgehead atoms. The normalized spacial score (nSPS) is 15.1. The highest BCUT2D eigenvalue weighted by Crippen LogP contribution is 2.35. The lowest BCUT2D eigenvalue weighted by Crippen LogP contribution is -2.15. The Bertz CT molecular complexity index is 729. The third kappa shape index (κ3) is 2.90. The maximum atomic E-state index is 14.0. The van der Waals surface area contributed by atoms with E-state index in [0.717, 1.165) is 5.56 Å². The monoisotopic (exact) mass is 327 g/mol. The Morgan fingerprint density at radius 2 is 2.19 bits per heavy atom. The van der Waals surface area contributed by atoms with Gasteiger partial charge in [-0.05, 0) is 24.1 Å². The summed E-state index contributed by atoms with van der Waals surface area (Å²) in [4.78, 5) is 9.82. The minimum atomic E-state index is -2.06. The van der Waals surface area contributed by atoms with Crippen molar-refractivity contribution < 1.29 is 13.2 Å². The maximum absolute atomic E-state index is 14.0. The molecule has 0 saturated carbocycles. The molecule has 0 fully saturated rings. The van der Waals surface area contributed by atoms with E-state index in [0.29, 0.717) is 29.6 Å². The highest BCUT2D eigenvalue weighted by Gasteiger charge is 2.24. The van der Waals surface area contributed by atoms with E-state index in [9.17, 15) is 8.60 Å². The predicted octanol–water partition coefficient (Wildman–Crippen LogP) is 2.69. The molecule has 0 radical (unpaired) electrons. The van der Waals surface area contributed by atoms with E-state index >= 15 is 0 Å². The van der Waals surface area contributed by atoms with Gasteiger partial charge in [0.2, 0.25) is 0 Å². The number of anilines is 2. The van der Waals surface area contributed by atoms with Gasteiger partial charge < -0.3 is 9.45 Å². The van der Waals surface area contributed by atoms with E-state index in [1.54, 1.807) is 12.1 Å². The Kier molecular flexibility index (Phi) is 3.88. The Morgan fingerprint density at radius 1 is 1.38 bits per heavy atom. The lowest BCUT2D eigenvalue weighted by molar-refractivity contribution is 0.559. The Morgan fingerprint density at radius 3 is 2.90 bits per heavy atom. The van der Waals surface area contributed by atoms with Crippen LogP contribution >= 0.6 is 11.6 Å². The van der Waals surface area contributed by atoms with Crippen molar-refractivity contribution in [2.24, 2.45) is 0 Å². The fraction of sp³-hybridized carbons (Fsp3) is 0.231. The van der Waals surface area contributed by atoms with Gasteiger partial charge in [0.1, 0.15) is 23.1 Å². The van der Waals surface area contributed by atoms with Crippen LogP contribution < -0.4 is 4.90 Å². The van der Waals surface area contributed by atoms with Crippen molar-refractivity contribution in [3.63, 3.8) is 0 Å². The molecular weight excluding hydrogens is 317 g/mol. The van der Waals surface area contributed by atoms with Gasteiger partial charge in [0.15, 0.2) is 11.1 Å². The van der Waals surface area contributed by atoms with E-state index in [-0.39, 0.29) is 11.3 Å². The Balaban J connectivity index is 1.99. The van der Waals surface area contributed by atoms with Crippen LogP contribution in [0.5, 0.6) is 0 Å². The number of benzene rings is 1. The molecule has 110 valence electrons. The van der Waals surface area contributed by atoms with Crippen LogP contribution in [0.4, 0.5) is 15.9 Å². The van der Waals surface area contributed by atoms with Crippen LogP contribution in [0.3, 0.4) is 0 Å². The van der Waals surface area contributed by atoms with Crippen molar-refractivity contribution in [2.45, 2.75) is 12.2 Å². The molecular formula is C13H11ClFN3O2S. The van der Waals surface area contributed by atoms with Gasteiger partial charge in [0.05, 0.1) is 5.75 Å². The van der Waals surface area contributed by atoms with Crippen molar-refractivity contribution >= 4 is 34.2 Å². The number of halogens is 2. The molecule has 2 aromatic rings. The smallest absolute Gasteiger partial charge is 0.157 e. The molecule has 3 rings (SSSR count). The predicted molar refractivity (Wildman–Crippen MR) is 78.6 cm³/mol. The molecule has 0 amide bonds. The van der Waals surface area contributed by atoms with Crippen LogP contribution in [0.15, 0.2) is 24.5 Å². The second kappa shape index (κ2) is 5.67. The van der Waals surface area contributed by atoms with Crippen molar-refractivity contribution in [2.75, 3.05) is 11.4 Å². The summed E-state index contributed by atoms with van der Waals surface area (Å²) in [6, 6.07) is 4.63. The van der Waals surface area contributed by atoms with Gasteiger partial charge in [-0.3, -0.25) is 0 Å². The summed E-state index contributed by atoms with van der Waals surface area (Å²) in [7, 11) is 0. The molecule has 1 N–H and O–H groups in total. The lowest BCUT2D eigenvalue weighted by Gasteiger charge is -2.18. The van der Waals surface area contributed by atoms with Gasteiger partial charge in [-0.2, -0.15) is 0 Å². The first-order chi connectivity index (χ1) is 10.0. The highest BCUT2D eigenvalue weighted by atomic mass is 35.5. The zero-order valence-electron chi connectivity index (χ0n) is 10.8. The second-order valence-corrected chi connectivity index (χ2v) is 5.96. The minimum absolute atomic E-state index is 0.210. The van der Waals surface area contributed by atoms with Crippen molar-refractivity contribution in [3.8, 4) is 0 Å². The van der Waals surface area contributed by atoms with E-state index in [4.69, 9.17) is 16.2 Å². The molecule has 1 aromatic carbocycles. The summed E-state index contributed by atoms with van der Waals surface area (Å²) >= 11 is 3.79. The topological polar surface area (TPSA) is 66.3 Å². The quantitative estimate of drug-likeness (QED) is 0.693. The van der Waals surface area contributed by atoms with Crippen LogP contribution in [-0.4, -0.2) is 25.3 Å². The van der Waals surface area contributed by atoms with Crippen LogP contribution in [0.2, 0.25) is 5.15 Å². The average molecular weight is 328 g/mol. The molecule has 21 heavy (non-hydrogen) atoms. The standard InChI is InChI=1S/C13H11ClFN3O2S/c14-12-5-13(17-7-16-12)18-2-1-8-3-9(6-21(19)20)10(15)4-11(8)18/h3-5,7H,1-2,6H2,(H,19,20). The summed E-state index contributed by atoms with van der Waals surface area (Å²) in [5.41, 5.74) is 1.87.